The summed E-state index contributed by atoms with van der Waals surface area (Å²) in [5, 5.41) is 3.34. The first kappa shape index (κ1) is 12.5. The Bertz CT molecular complexity index is 395. The summed E-state index contributed by atoms with van der Waals surface area (Å²) < 4.78 is 0. The third-order valence-electron chi connectivity index (χ3n) is 4.20. The fourth-order valence-corrected chi connectivity index (χ4v) is 3.35. The fraction of sp³-hybridized carbons (Fsp3) is 0.600. The molecule has 1 saturated heterocycles. The van der Waals surface area contributed by atoms with Gasteiger partial charge in [0.2, 0.25) is 0 Å². The molecule has 1 N–H and O–H groups in total. The van der Waals surface area contributed by atoms with E-state index in [2.05, 4.69) is 22.6 Å². The predicted molar refractivity (Wildman–Crippen MR) is 75.8 cm³/mol. The molecule has 3 rings (SSSR count). The Kier molecular flexibility index (Phi) is 3.88. The molecular formula is C15H21ClN2. The summed E-state index contributed by atoms with van der Waals surface area (Å²) in [7, 11) is 0. The van der Waals surface area contributed by atoms with Crippen molar-refractivity contribution >= 4 is 11.6 Å². The third kappa shape index (κ3) is 2.71. The van der Waals surface area contributed by atoms with Gasteiger partial charge in [0.25, 0.3) is 0 Å². The quantitative estimate of drug-likeness (QED) is 0.898. The van der Waals surface area contributed by atoms with E-state index in [0.29, 0.717) is 12.0 Å². The minimum atomic E-state index is 0.654. The van der Waals surface area contributed by atoms with Gasteiger partial charge < -0.3 is 0 Å². The molecule has 0 unspecified atom stereocenters. The van der Waals surface area contributed by atoms with Crippen molar-refractivity contribution in [1.29, 1.82) is 0 Å². The monoisotopic (exact) mass is 264 g/mol. The Hall–Kier alpha value is -0.570. The molecule has 1 heterocycles. The third-order valence-corrected chi connectivity index (χ3v) is 4.55. The molecule has 0 aromatic heterocycles. The summed E-state index contributed by atoms with van der Waals surface area (Å²) in [4.78, 5) is 0. The van der Waals surface area contributed by atoms with Crippen LogP contribution in [0.1, 0.15) is 43.6 Å². The van der Waals surface area contributed by atoms with Crippen LogP contribution in [-0.2, 0) is 0 Å². The molecule has 98 valence electrons. The SMILES string of the molecule is Clc1ccccc1C1CC(NN2CCCCC2)C1. The van der Waals surface area contributed by atoms with Gasteiger partial charge in [0.15, 0.2) is 0 Å². The maximum absolute atomic E-state index is 6.24. The van der Waals surface area contributed by atoms with Crippen molar-refractivity contribution in [2.24, 2.45) is 0 Å². The molecule has 3 heteroatoms. The molecular weight excluding hydrogens is 244 g/mol. The zero-order valence-corrected chi connectivity index (χ0v) is 11.5. The number of nitrogens with zero attached hydrogens (tertiary/aromatic N) is 1. The van der Waals surface area contributed by atoms with Crippen molar-refractivity contribution < 1.29 is 0 Å². The Labute approximate surface area is 114 Å². The van der Waals surface area contributed by atoms with E-state index in [1.54, 1.807) is 0 Å². The topological polar surface area (TPSA) is 15.3 Å². The average Bonchev–Trinajstić information content (AvgIpc) is 2.36. The number of rotatable bonds is 3. The summed E-state index contributed by atoms with van der Waals surface area (Å²) in [6.07, 6.45) is 6.52. The number of nitrogens with one attached hydrogen (secondary N) is 1. The van der Waals surface area contributed by atoms with Crippen LogP contribution in [0.2, 0.25) is 5.02 Å². The Morgan fingerprint density at radius 2 is 1.78 bits per heavy atom. The zero-order chi connectivity index (χ0) is 12.4. The molecule has 0 radical (unpaired) electrons. The number of halogens is 1. The van der Waals surface area contributed by atoms with Crippen LogP contribution in [0.3, 0.4) is 0 Å². The highest BCUT2D eigenvalue weighted by atomic mass is 35.5. The lowest BCUT2D eigenvalue weighted by molar-refractivity contribution is 0.0918. The standard InChI is InChI=1S/C15H21ClN2/c16-15-7-3-2-6-14(15)12-10-13(11-12)17-18-8-4-1-5-9-18/h2-3,6-7,12-13,17H,1,4-5,8-11H2. The highest BCUT2D eigenvalue weighted by molar-refractivity contribution is 6.31. The van der Waals surface area contributed by atoms with Crippen molar-refractivity contribution in [2.45, 2.75) is 44.1 Å². The lowest BCUT2D eigenvalue weighted by atomic mass is 9.76. The summed E-state index contributed by atoms with van der Waals surface area (Å²) in [6, 6.07) is 8.93. The average molecular weight is 265 g/mol. The first-order chi connectivity index (χ1) is 8.83. The highest BCUT2D eigenvalue weighted by Crippen LogP contribution is 2.40. The highest BCUT2D eigenvalue weighted by Gasteiger charge is 2.32. The molecule has 1 saturated carbocycles. The summed E-state index contributed by atoms with van der Waals surface area (Å²) in [6.45, 7) is 2.43. The molecule has 2 fully saturated rings. The molecule has 1 aliphatic carbocycles. The second kappa shape index (κ2) is 5.60. The molecule has 0 atom stereocenters. The van der Waals surface area contributed by atoms with Crippen LogP contribution in [-0.4, -0.2) is 24.1 Å². The summed E-state index contributed by atoms with van der Waals surface area (Å²) in [5.74, 6) is 0.654. The van der Waals surface area contributed by atoms with Crippen LogP contribution in [0.25, 0.3) is 0 Å². The molecule has 2 nitrogen and oxygen atoms in total. The van der Waals surface area contributed by atoms with Gasteiger partial charge in [-0.05, 0) is 43.2 Å². The van der Waals surface area contributed by atoms with Gasteiger partial charge in [-0.15, -0.1) is 0 Å². The van der Waals surface area contributed by atoms with Crippen molar-refractivity contribution in [3.63, 3.8) is 0 Å². The van der Waals surface area contributed by atoms with Crippen LogP contribution >= 0.6 is 11.6 Å². The second-order valence-electron chi connectivity index (χ2n) is 5.56. The molecule has 0 bridgehead atoms. The van der Waals surface area contributed by atoms with E-state index in [1.165, 1.54) is 50.8 Å². The molecule has 1 aliphatic heterocycles. The Balaban J connectivity index is 1.49. The minimum Gasteiger partial charge on any atom is -0.252 e. The smallest absolute Gasteiger partial charge is 0.0440 e. The second-order valence-corrected chi connectivity index (χ2v) is 5.97. The van der Waals surface area contributed by atoms with Crippen molar-refractivity contribution in [2.75, 3.05) is 13.1 Å². The molecule has 1 aromatic rings. The summed E-state index contributed by atoms with van der Waals surface area (Å²) in [5.41, 5.74) is 4.99. The van der Waals surface area contributed by atoms with Crippen LogP contribution in [0, 0.1) is 0 Å². The molecule has 0 spiro atoms. The minimum absolute atomic E-state index is 0.654. The lowest BCUT2D eigenvalue weighted by Gasteiger charge is -2.41. The van der Waals surface area contributed by atoms with E-state index in [9.17, 15) is 0 Å². The maximum Gasteiger partial charge on any atom is 0.0440 e. The van der Waals surface area contributed by atoms with Gasteiger partial charge in [0.05, 0.1) is 0 Å². The zero-order valence-electron chi connectivity index (χ0n) is 10.7. The largest absolute Gasteiger partial charge is 0.252 e. The fourth-order valence-electron chi connectivity index (χ4n) is 3.06. The maximum atomic E-state index is 6.24. The van der Waals surface area contributed by atoms with E-state index < -0.39 is 0 Å². The Morgan fingerprint density at radius 3 is 2.50 bits per heavy atom. The molecule has 1 aromatic carbocycles. The van der Waals surface area contributed by atoms with E-state index in [-0.39, 0.29) is 0 Å². The number of hydrazine groups is 1. The first-order valence-electron chi connectivity index (χ1n) is 7.08. The van der Waals surface area contributed by atoms with Gasteiger partial charge in [-0.25, -0.2) is 5.01 Å². The van der Waals surface area contributed by atoms with Crippen LogP contribution in [0.5, 0.6) is 0 Å². The van der Waals surface area contributed by atoms with Gasteiger partial charge >= 0.3 is 0 Å². The number of hydrogen-bond donors (Lipinski definition) is 1. The van der Waals surface area contributed by atoms with Crippen LogP contribution in [0.4, 0.5) is 0 Å². The van der Waals surface area contributed by atoms with Crippen LogP contribution in [0.15, 0.2) is 24.3 Å². The van der Waals surface area contributed by atoms with Crippen molar-refractivity contribution in [3.8, 4) is 0 Å². The number of benzene rings is 1. The van der Waals surface area contributed by atoms with Gasteiger partial charge in [-0.2, -0.15) is 0 Å². The Morgan fingerprint density at radius 1 is 1.06 bits per heavy atom. The molecule has 0 amide bonds. The van der Waals surface area contributed by atoms with Crippen molar-refractivity contribution in [3.05, 3.63) is 34.9 Å². The lowest BCUT2D eigenvalue weighted by Crippen LogP contribution is -2.51. The number of piperidine rings is 1. The van der Waals surface area contributed by atoms with E-state index >= 15 is 0 Å². The molecule has 2 aliphatic rings. The normalized spacial score (nSPS) is 28.9. The van der Waals surface area contributed by atoms with Gasteiger partial charge in [-0.1, -0.05) is 36.2 Å². The van der Waals surface area contributed by atoms with Crippen molar-refractivity contribution in [1.82, 2.24) is 10.4 Å². The summed E-state index contributed by atoms with van der Waals surface area (Å²) >= 11 is 6.24. The van der Waals surface area contributed by atoms with Gasteiger partial charge in [0, 0.05) is 24.2 Å². The van der Waals surface area contributed by atoms with Gasteiger partial charge in [0.1, 0.15) is 0 Å². The van der Waals surface area contributed by atoms with E-state index in [4.69, 9.17) is 11.6 Å². The van der Waals surface area contributed by atoms with Gasteiger partial charge in [-0.3, -0.25) is 5.43 Å². The first-order valence-corrected chi connectivity index (χ1v) is 7.46. The molecule has 18 heavy (non-hydrogen) atoms. The predicted octanol–water partition coefficient (Wildman–Crippen LogP) is 3.58. The van der Waals surface area contributed by atoms with Crippen LogP contribution < -0.4 is 5.43 Å². The number of hydrogen-bond acceptors (Lipinski definition) is 2. The van der Waals surface area contributed by atoms with E-state index in [1.807, 2.05) is 12.1 Å². The van der Waals surface area contributed by atoms with E-state index in [0.717, 1.165) is 5.02 Å².